The number of hydrogen-bond acceptors (Lipinski definition) is 5. The SMILES string of the molecule is CCC(CC)[C@@H]1C(=O)N[C@H](C2Cc3ccccc3C2)C(=O)N1Cc1ccccc1S(=O)(=O)NC[C@H]1CCCN1CC. The standard InChI is InChI=1S/C32H44N4O4S/c1-4-22(5-2)30-31(37)34-29(26-18-23-12-7-8-13-24(23)19-26)32(38)36(30)21-25-14-9-10-16-28(25)41(39,40)33-20-27-15-11-17-35(27)6-3/h7-10,12-14,16,22,26-27,29-30,33H,4-6,11,15,17-21H2,1-3H3,(H,34,37)/t27-,29-,30-/m1/s1. The number of carbonyl (C=O) groups excluding carboxylic acids is 2. The van der Waals surface area contributed by atoms with E-state index in [9.17, 15) is 18.0 Å². The number of carbonyl (C=O) groups is 2. The monoisotopic (exact) mass is 580 g/mol. The smallest absolute Gasteiger partial charge is 0.246 e. The summed E-state index contributed by atoms with van der Waals surface area (Å²) >= 11 is 0. The number of fused-ring (bicyclic) bond motifs is 1. The van der Waals surface area contributed by atoms with Gasteiger partial charge < -0.3 is 10.2 Å². The van der Waals surface area contributed by atoms with Crippen molar-refractivity contribution < 1.29 is 18.0 Å². The summed E-state index contributed by atoms with van der Waals surface area (Å²) in [4.78, 5) is 32.1. The third kappa shape index (κ3) is 6.08. The molecule has 2 heterocycles. The molecule has 0 spiro atoms. The number of likely N-dealkylation sites (N-methyl/N-ethyl adjacent to an activating group) is 1. The molecule has 2 N–H and O–H groups in total. The molecule has 3 aliphatic rings. The van der Waals surface area contributed by atoms with Crippen LogP contribution in [-0.2, 0) is 39.0 Å². The number of piperazine rings is 1. The highest BCUT2D eigenvalue weighted by Gasteiger charge is 2.47. The summed E-state index contributed by atoms with van der Waals surface area (Å²) in [6, 6.07) is 14.0. The van der Waals surface area contributed by atoms with Crippen molar-refractivity contribution in [2.24, 2.45) is 11.8 Å². The van der Waals surface area contributed by atoms with Gasteiger partial charge in [0, 0.05) is 19.1 Å². The number of hydrogen-bond donors (Lipinski definition) is 2. The molecule has 41 heavy (non-hydrogen) atoms. The quantitative estimate of drug-likeness (QED) is 0.424. The lowest BCUT2D eigenvalue weighted by atomic mass is 9.86. The minimum Gasteiger partial charge on any atom is -0.342 e. The first-order valence-corrected chi connectivity index (χ1v) is 16.7. The summed E-state index contributed by atoms with van der Waals surface area (Å²) < 4.78 is 30.1. The molecule has 2 saturated heterocycles. The lowest BCUT2D eigenvalue weighted by Crippen LogP contribution is -2.66. The summed E-state index contributed by atoms with van der Waals surface area (Å²) in [7, 11) is -3.82. The Morgan fingerprint density at radius 2 is 1.63 bits per heavy atom. The summed E-state index contributed by atoms with van der Waals surface area (Å²) in [5.74, 6) is -0.310. The van der Waals surface area contributed by atoms with E-state index in [-0.39, 0.29) is 41.1 Å². The van der Waals surface area contributed by atoms with Crippen LogP contribution in [0.25, 0.3) is 0 Å². The maximum Gasteiger partial charge on any atom is 0.246 e. The number of nitrogens with zero attached hydrogens (tertiary/aromatic N) is 2. The van der Waals surface area contributed by atoms with Crippen LogP contribution in [0.5, 0.6) is 0 Å². The second-order valence-corrected chi connectivity index (χ2v) is 13.5. The Morgan fingerprint density at radius 1 is 0.976 bits per heavy atom. The van der Waals surface area contributed by atoms with Gasteiger partial charge in [-0.25, -0.2) is 13.1 Å². The van der Waals surface area contributed by atoms with E-state index in [4.69, 9.17) is 0 Å². The topological polar surface area (TPSA) is 98.8 Å². The third-order valence-corrected chi connectivity index (χ3v) is 11.0. The van der Waals surface area contributed by atoms with Gasteiger partial charge in [0.05, 0.1) is 4.90 Å². The average molecular weight is 581 g/mol. The molecule has 8 nitrogen and oxygen atoms in total. The van der Waals surface area contributed by atoms with Gasteiger partial charge in [-0.05, 0) is 73.4 Å². The predicted octanol–water partition coefficient (Wildman–Crippen LogP) is 3.50. The van der Waals surface area contributed by atoms with Crippen LogP contribution >= 0.6 is 0 Å². The Morgan fingerprint density at radius 3 is 2.29 bits per heavy atom. The number of amides is 2. The molecule has 3 atom stereocenters. The van der Waals surface area contributed by atoms with E-state index >= 15 is 0 Å². The zero-order chi connectivity index (χ0) is 29.1. The van der Waals surface area contributed by atoms with Gasteiger partial charge >= 0.3 is 0 Å². The van der Waals surface area contributed by atoms with Crippen LogP contribution < -0.4 is 10.0 Å². The molecule has 222 valence electrons. The van der Waals surface area contributed by atoms with Crippen LogP contribution in [0.1, 0.15) is 63.1 Å². The van der Waals surface area contributed by atoms with Crippen molar-refractivity contribution in [3.8, 4) is 0 Å². The lowest BCUT2D eigenvalue weighted by molar-refractivity contribution is -0.154. The summed E-state index contributed by atoms with van der Waals surface area (Å²) in [6.07, 6.45) is 5.01. The van der Waals surface area contributed by atoms with Gasteiger partial charge in [0.15, 0.2) is 0 Å². The fourth-order valence-corrected chi connectivity index (χ4v) is 8.49. The Labute approximate surface area is 244 Å². The van der Waals surface area contributed by atoms with Crippen molar-refractivity contribution in [2.75, 3.05) is 19.6 Å². The maximum absolute atomic E-state index is 14.2. The number of sulfonamides is 1. The summed E-state index contributed by atoms with van der Waals surface area (Å²) in [6.45, 7) is 8.49. The first-order chi connectivity index (χ1) is 19.8. The number of benzene rings is 2. The average Bonchev–Trinajstić information content (AvgIpc) is 3.62. The van der Waals surface area contributed by atoms with Gasteiger partial charge in [0.25, 0.3) is 0 Å². The minimum atomic E-state index is -3.82. The van der Waals surface area contributed by atoms with Crippen molar-refractivity contribution in [2.45, 2.75) is 88.9 Å². The summed E-state index contributed by atoms with van der Waals surface area (Å²) in [5, 5.41) is 3.10. The van der Waals surface area contributed by atoms with E-state index in [1.165, 1.54) is 11.1 Å². The van der Waals surface area contributed by atoms with Gasteiger partial charge in [0.1, 0.15) is 12.1 Å². The van der Waals surface area contributed by atoms with Crippen LogP contribution in [0.4, 0.5) is 0 Å². The van der Waals surface area contributed by atoms with Gasteiger partial charge in [0.2, 0.25) is 21.8 Å². The highest BCUT2D eigenvalue weighted by atomic mass is 32.2. The number of nitrogens with one attached hydrogen (secondary N) is 2. The first kappa shape index (κ1) is 29.7. The first-order valence-electron chi connectivity index (χ1n) is 15.3. The van der Waals surface area contributed by atoms with E-state index in [1.54, 1.807) is 29.2 Å². The van der Waals surface area contributed by atoms with Gasteiger partial charge in [-0.2, -0.15) is 0 Å². The van der Waals surface area contributed by atoms with Crippen LogP contribution in [-0.4, -0.2) is 67.8 Å². The van der Waals surface area contributed by atoms with Crippen molar-refractivity contribution >= 4 is 21.8 Å². The van der Waals surface area contributed by atoms with Gasteiger partial charge in [-0.1, -0.05) is 76.1 Å². The maximum atomic E-state index is 14.2. The fraction of sp³-hybridized carbons (Fsp3) is 0.562. The molecular weight excluding hydrogens is 536 g/mol. The lowest BCUT2D eigenvalue weighted by Gasteiger charge is -2.44. The minimum absolute atomic E-state index is 0.0232. The Kier molecular flexibility index (Phi) is 9.16. The van der Waals surface area contributed by atoms with Crippen molar-refractivity contribution in [3.05, 3.63) is 65.2 Å². The van der Waals surface area contributed by atoms with E-state index < -0.39 is 22.1 Å². The van der Waals surface area contributed by atoms with Gasteiger partial charge in [-0.15, -0.1) is 0 Å². The second kappa shape index (κ2) is 12.6. The Bertz CT molecular complexity index is 1330. The molecule has 0 unspecified atom stereocenters. The second-order valence-electron chi connectivity index (χ2n) is 11.8. The Hall–Kier alpha value is -2.75. The molecular formula is C32H44N4O4S. The number of likely N-dealkylation sites (tertiary alicyclic amines) is 1. The summed E-state index contributed by atoms with van der Waals surface area (Å²) in [5.41, 5.74) is 2.98. The molecule has 2 aromatic rings. The third-order valence-electron chi connectivity index (χ3n) is 9.52. The van der Waals surface area contributed by atoms with Crippen LogP contribution in [0.2, 0.25) is 0 Å². The molecule has 2 amide bonds. The largest absolute Gasteiger partial charge is 0.342 e. The van der Waals surface area contributed by atoms with E-state index in [1.807, 2.05) is 26.0 Å². The molecule has 0 saturated carbocycles. The zero-order valence-corrected chi connectivity index (χ0v) is 25.3. The molecule has 1 aliphatic carbocycles. The van der Waals surface area contributed by atoms with Crippen LogP contribution in [0.3, 0.4) is 0 Å². The van der Waals surface area contributed by atoms with Crippen LogP contribution in [0.15, 0.2) is 53.4 Å². The van der Waals surface area contributed by atoms with Crippen molar-refractivity contribution in [1.29, 1.82) is 0 Å². The van der Waals surface area contributed by atoms with E-state index in [2.05, 4.69) is 34.0 Å². The molecule has 2 aliphatic heterocycles. The highest BCUT2D eigenvalue weighted by Crippen LogP contribution is 2.34. The molecule has 2 aromatic carbocycles. The van der Waals surface area contributed by atoms with E-state index in [0.29, 0.717) is 12.1 Å². The normalized spacial score (nSPS) is 23.8. The molecule has 0 aromatic heterocycles. The van der Waals surface area contributed by atoms with Crippen molar-refractivity contribution in [3.63, 3.8) is 0 Å². The van der Waals surface area contributed by atoms with Crippen LogP contribution in [0, 0.1) is 11.8 Å². The molecule has 2 fully saturated rings. The predicted molar refractivity (Wildman–Crippen MR) is 160 cm³/mol. The highest BCUT2D eigenvalue weighted by molar-refractivity contribution is 7.89. The van der Waals surface area contributed by atoms with Gasteiger partial charge in [-0.3, -0.25) is 14.5 Å². The zero-order valence-electron chi connectivity index (χ0n) is 24.5. The molecule has 5 rings (SSSR count). The molecule has 0 radical (unpaired) electrons. The number of rotatable bonds is 11. The van der Waals surface area contributed by atoms with Crippen molar-refractivity contribution in [1.82, 2.24) is 19.8 Å². The van der Waals surface area contributed by atoms with E-state index in [0.717, 1.165) is 51.6 Å². The fourth-order valence-electron chi connectivity index (χ4n) is 7.19. The molecule has 9 heteroatoms. The Balaban J connectivity index is 1.41. The molecule has 0 bridgehead atoms.